The van der Waals surface area contributed by atoms with Crippen molar-refractivity contribution in [2.75, 3.05) is 0 Å². The maximum Gasteiger partial charge on any atom is 0.306 e. The maximum absolute atomic E-state index is 11.4. The van der Waals surface area contributed by atoms with E-state index in [0.717, 1.165) is 19.3 Å². The van der Waals surface area contributed by atoms with Crippen molar-refractivity contribution in [2.45, 2.75) is 116 Å². The summed E-state index contributed by atoms with van der Waals surface area (Å²) in [5.41, 5.74) is 0. The Bertz CT molecular complexity index is 311. The molecule has 0 aliphatic heterocycles. The van der Waals surface area contributed by atoms with Crippen LogP contribution in [0.2, 0.25) is 0 Å². The molecule has 3 N–H and O–H groups in total. The number of carbonyl (C=O) groups excluding carboxylic acids is 1. The van der Waals surface area contributed by atoms with Gasteiger partial charge in [-0.2, -0.15) is 0 Å². The normalized spacial score (nSPS) is 13.9. The molecule has 1 aliphatic carbocycles. The van der Waals surface area contributed by atoms with Crippen molar-refractivity contribution in [2.24, 2.45) is 0 Å². The minimum Gasteiger partial charge on any atom is -0.462 e. The smallest absolute Gasteiger partial charge is 0.306 e. The van der Waals surface area contributed by atoms with Gasteiger partial charge in [-0.15, -0.1) is 0 Å². The van der Waals surface area contributed by atoms with Crippen LogP contribution >= 0.6 is 0 Å². The molecule has 0 saturated heterocycles. The fraction of sp³-hybridized carbons (Fsp3) is 0.857. The van der Waals surface area contributed by atoms with Crippen molar-refractivity contribution in [1.29, 1.82) is 0 Å². The molecule has 0 aromatic heterocycles. The van der Waals surface area contributed by atoms with Gasteiger partial charge in [-0.3, -0.25) is 4.79 Å². The molecule has 3 heteroatoms. The largest absolute Gasteiger partial charge is 0.462 e. The summed E-state index contributed by atoms with van der Waals surface area (Å²) in [5.74, 6) is 0.0186. The third-order valence-corrected chi connectivity index (χ3v) is 4.47. The molecule has 1 rings (SSSR count). The first-order valence-electron chi connectivity index (χ1n) is 10.2. The Morgan fingerprint density at radius 2 is 1.33 bits per heavy atom. The molecule has 0 atom stereocenters. The summed E-state index contributed by atoms with van der Waals surface area (Å²) in [5, 5.41) is 0. The number of hydrogen-bond acceptors (Lipinski definition) is 3. The second kappa shape index (κ2) is 17.0. The van der Waals surface area contributed by atoms with Gasteiger partial charge in [0.2, 0.25) is 0 Å². The molecular formula is C21H41NO2. The van der Waals surface area contributed by atoms with Crippen molar-refractivity contribution in [1.82, 2.24) is 6.15 Å². The van der Waals surface area contributed by atoms with E-state index in [9.17, 15) is 4.79 Å². The van der Waals surface area contributed by atoms with Crippen LogP contribution in [0.15, 0.2) is 12.2 Å². The highest BCUT2D eigenvalue weighted by molar-refractivity contribution is 5.69. The van der Waals surface area contributed by atoms with Crippen molar-refractivity contribution in [3.05, 3.63) is 12.2 Å². The first-order valence-corrected chi connectivity index (χ1v) is 10.2. The molecule has 0 bridgehead atoms. The van der Waals surface area contributed by atoms with Gasteiger partial charge in [-0.25, -0.2) is 0 Å². The molecule has 0 unspecified atom stereocenters. The molecule has 0 aromatic carbocycles. The van der Waals surface area contributed by atoms with E-state index in [1.54, 1.807) is 0 Å². The van der Waals surface area contributed by atoms with Crippen LogP contribution in [0.25, 0.3) is 0 Å². The van der Waals surface area contributed by atoms with Crippen molar-refractivity contribution in [3.63, 3.8) is 0 Å². The van der Waals surface area contributed by atoms with Gasteiger partial charge >= 0.3 is 5.97 Å². The number of hydrogen-bond donors (Lipinski definition) is 1. The number of esters is 1. The predicted octanol–water partition coefficient (Wildman–Crippen LogP) is 6.89. The first-order chi connectivity index (χ1) is 11.3. The lowest BCUT2D eigenvalue weighted by atomic mass is 10.1. The van der Waals surface area contributed by atoms with Crippen LogP contribution in [0.3, 0.4) is 0 Å². The fourth-order valence-electron chi connectivity index (χ4n) is 2.77. The Labute approximate surface area is 150 Å². The lowest BCUT2D eigenvalue weighted by Gasteiger charge is -2.02. The molecule has 1 saturated carbocycles. The van der Waals surface area contributed by atoms with E-state index >= 15 is 0 Å². The predicted molar refractivity (Wildman–Crippen MR) is 104 cm³/mol. The van der Waals surface area contributed by atoms with Gasteiger partial charge in [0.05, 0.1) is 0 Å². The Kier molecular flexibility index (Phi) is 16.4. The number of carbonyl (C=O) groups is 1. The van der Waals surface area contributed by atoms with Gasteiger partial charge in [-0.05, 0) is 44.9 Å². The number of rotatable bonds is 16. The highest BCUT2D eigenvalue weighted by Gasteiger charge is 2.25. The van der Waals surface area contributed by atoms with Crippen molar-refractivity contribution >= 4 is 5.97 Å². The monoisotopic (exact) mass is 339 g/mol. The summed E-state index contributed by atoms with van der Waals surface area (Å²) in [6.45, 7) is 2.27. The minimum absolute atomic E-state index is 0. The van der Waals surface area contributed by atoms with Gasteiger partial charge < -0.3 is 10.9 Å². The van der Waals surface area contributed by atoms with Crippen molar-refractivity contribution < 1.29 is 9.53 Å². The van der Waals surface area contributed by atoms with Crippen LogP contribution in [0.5, 0.6) is 0 Å². The molecule has 24 heavy (non-hydrogen) atoms. The van der Waals surface area contributed by atoms with E-state index in [4.69, 9.17) is 4.74 Å². The van der Waals surface area contributed by atoms with Crippen LogP contribution in [0.1, 0.15) is 110 Å². The number of unbranched alkanes of at least 4 members (excludes halogenated alkanes) is 11. The molecule has 1 aliphatic rings. The van der Waals surface area contributed by atoms with Gasteiger partial charge in [-0.1, -0.05) is 70.4 Å². The standard InChI is InChI=1S/C21H38O2.H3N/c1-2-3-4-5-6-7-8-9-10-11-12-13-14-15-16-17-21(22)23-20-18-19-20;/h9-10,20H,2-8,11-19H2,1H3;1H3/b10-9-;. The fourth-order valence-corrected chi connectivity index (χ4v) is 2.77. The molecule has 1 fully saturated rings. The number of ether oxygens (including phenoxy) is 1. The average Bonchev–Trinajstić information content (AvgIpc) is 3.35. The van der Waals surface area contributed by atoms with Gasteiger partial charge in [0.1, 0.15) is 6.10 Å². The topological polar surface area (TPSA) is 61.3 Å². The van der Waals surface area contributed by atoms with Crippen LogP contribution in [-0.4, -0.2) is 12.1 Å². The Morgan fingerprint density at radius 3 is 1.88 bits per heavy atom. The Morgan fingerprint density at radius 1 is 0.833 bits per heavy atom. The first kappa shape index (κ1) is 23.2. The molecule has 0 aromatic rings. The highest BCUT2D eigenvalue weighted by Crippen LogP contribution is 2.24. The second-order valence-electron chi connectivity index (χ2n) is 7.02. The average molecular weight is 340 g/mol. The highest BCUT2D eigenvalue weighted by atomic mass is 16.5. The molecule has 0 amide bonds. The van der Waals surface area contributed by atoms with Gasteiger partial charge in [0.25, 0.3) is 0 Å². The van der Waals surface area contributed by atoms with Crippen LogP contribution in [-0.2, 0) is 9.53 Å². The van der Waals surface area contributed by atoms with E-state index in [-0.39, 0.29) is 18.2 Å². The summed E-state index contributed by atoms with van der Waals surface area (Å²) in [6, 6.07) is 0. The van der Waals surface area contributed by atoms with Crippen molar-refractivity contribution in [3.8, 4) is 0 Å². The molecule has 0 spiro atoms. The van der Waals surface area contributed by atoms with Crippen LogP contribution in [0.4, 0.5) is 0 Å². The number of allylic oxidation sites excluding steroid dienone is 2. The van der Waals surface area contributed by atoms with Gasteiger partial charge in [0, 0.05) is 6.42 Å². The Hall–Kier alpha value is -0.830. The molecule has 0 radical (unpaired) electrons. The third-order valence-electron chi connectivity index (χ3n) is 4.47. The van der Waals surface area contributed by atoms with E-state index in [2.05, 4.69) is 19.1 Å². The van der Waals surface area contributed by atoms with Crippen LogP contribution < -0.4 is 6.15 Å². The molecular weight excluding hydrogens is 298 g/mol. The third kappa shape index (κ3) is 16.0. The zero-order valence-corrected chi connectivity index (χ0v) is 16.1. The lowest BCUT2D eigenvalue weighted by molar-refractivity contribution is -0.145. The zero-order valence-electron chi connectivity index (χ0n) is 16.1. The van der Waals surface area contributed by atoms with Gasteiger partial charge in [0.15, 0.2) is 0 Å². The van der Waals surface area contributed by atoms with E-state index in [1.807, 2.05) is 0 Å². The van der Waals surface area contributed by atoms with E-state index in [0.29, 0.717) is 6.42 Å². The summed E-state index contributed by atoms with van der Waals surface area (Å²) >= 11 is 0. The Balaban J connectivity index is 0.00000529. The molecule has 0 heterocycles. The lowest BCUT2D eigenvalue weighted by Crippen LogP contribution is -2.05. The van der Waals surface area contributed by atoms with E-state index < -0.39 is 0 Å². The van der Waals surface area contributed by atoms with E-state index in [1.165, 1.54) is 77.0 Å². The summed E-state index contributed by atoms with van der Waals surface area (Å²) in [6.07, 6.45) is 24.6. The van der Waals surface area contributed by atoms with Crippen LogP contribution in [0, 0.1) is 0 Å². The summed E-state index contributed by atoms with van der Waals surface area (Å²) in [7, 11) is 0. The summed E-state index contributed by atoms with van der Waals surface area (Å²) < 4.78 is 5.23. The quantitative estimate of drug-likeness (QED) is 0.189. The summed E-state index contributed by atoms with van der Waals surface area (Å²) in [4.78, 5) is 11.4. The maximum atomic E-state index is 11.4. The molecule has 3 nitrogen and oxygen atoms in total. The molecule has 142 valence electrons. The zero-order chi connectivity index (χ0) is 16.6. The second-order valence-corrected chi connectivity index (χ2v) is 7.02. The SMILES string of the molecule is CCCCCCCC/C=C\CCCCCCCC(=O)OC1CC1.N. The minimum atomic E-state index is 0.